The van der Waals surface area contributed by atoms with Gasteiger partial charge in [-0.3, -0.25) is 9.89 Å². The van der Waals surface area contributed by atoms with Crippen LogP contribution in [0.1, 0.15) is 64.1 Å². The summed E-state index contributed by atoms with van der Waals surface area (Å²) in [4.78, 5) is 7.27. The van der Waals surface area contributed by atoms with Gasteiger partial charge in [-0.2, -0.15) is 0 Å². The van der Waals surface area contributed by atoms with Crippen molar-refractivity contribution in [3.63, 3.8) is 0 Å². The lowest BCUT2D eigenvalue weighted by Crippen LogP contribution is -2.53. The summed E-state index contributed by atoms with van der Waals surface area (Å²) in [6.07, 6.45) is 11.5. The predicted molar refractivity (Wildman–Crippen MR) is 114 cm³/mol. The molecule has 2 heterocycles. The van der Waals surface area contributed by atoms with Crippen LogP contribution in [0, 0.1) is 0 Å². The highest BCUT2D eigenvalue weighted by Crippen LogP contribution is 2.25. The average molecular weight is 391 g/mol. The summed E-state index contributed by atoms with van der Waals surface area (Å²) in [7, 11) is 0. The number of piperidine rings is 1. The number of nitrogens with one attached hydrogen (secondary N) is 2. The van der Waals surface area contributed by atoms with Crippen LogP contribution < -0.4 is 10.6 Å². The van der Waals surface area contributed by atoms with E-state index in [1.807, 2.05) is 12.1 Å². The third-order valence-electron chi connectivity index (χ3n) is 6.06. The molecular formula is C22H38N4O2. The van der Waals surface area contributed by atoms with Gasteiger partial charge in [0.2, 0.25) is 0 Å². The Morgan fingerprint density at radius 2 is 2.07 bits per heavy atom. The monoisotopic (exact) mass is 390 g/mol. The van der Waals surface area contributed by atoms with Gasteiger partial charge in [0.25, 0.3) is 0 Å². The molecule has 0 aromatic carbocycles. The van der Waals surface area contributed by atoms with Gasteiger partial charge >= 0.3 is 0 Å². The number of likely N-dealkylation sites (tertiary alicyclic amines) is 1. The molecule has 6 nitrogen and oxygen atoms in total. The number of unbranched alkanes of at least 4 members (excludes halogenated alkanes) is 1. The molecule has 0 amide bonds. The fraction of sp³-hybridized carbons (Fsp3) is 0.773. The number of rotatable bonds is 8. The number of hydrogen-bond acceptors (Lipinski definition) is 4. The summed E-state index contributed by atoms with van der Waals surface area (Å²) in [6.45, 7) is 6.00. The number of hydrogen-bond donors (Lipinski definition) is 3. The van der Waals surface area contributed by atoms with Crippen molar-refractivity contribution in [1.29, 1.82) is 0 Å². The Balaban J connectivity index is 1.44. The molecule has 158 valence electrons. The van der Waals surface area contributed by atoms with E-state index >= 15 is 0 Å². The van der Waals surface area contributed by atoms with E-state index in [1.165, 1.54) is 12.8 Å². The first-order valence-corrected chi connectivity index (χ1v) is 11.3. The standard InChI is InChI=1S/C22H38N4O2/c1-2-3-13-23-22(24-14-10-19-7-6-17-28-19)25-18-11-15-26(16-12-18)20-8-4-5-9-21(20)27/h6-7,17-18,20-21,27H,2-5,8-16H2,1H3,(H2,23,24,25). The number of aliphatic hydroxyl groups excluding tert-OH is 1. The van der Waals surface area contributed by atoms with Crippen LogP contribution in [0.5, 0.6) is 0 Å². The summed E-state index contributed by atoms with van der Waals surface area (Å²) >= 11 is 0. The van der Waals surface area contributed by atoms with E-state index in [2.05, 4.69) is 22.5 Å². The lowest BCUT2D eigenvalue weighted by atomic mass is 9.89. The van der Waals surface area contributed by atoms with E-state index in [0.29, 0.717) is 12.1 Å². The Morgan fingerprint density at radius 1 is 1.25 bits per heavy atom. The second kappa shape index (κ2) is 11.5. The molecule has 1 aromatic heterocycles. The lowest BCUT2D eigenvalue weighted by Gasteiger charge is -2.41. The summed E-state index contributed by atoms with van der Waals surface area (Å²) in [6, 6.07) is 4.77. The van der Waals surface area contributed by atoms with E-state index in [1.54, 1.807) is 6.26 Å². The van der Waals surface area contributed by atoms with Gasteiger partial charge in [-0.1, -0.05) is 26.2 Å². The molecule has 3 N–H and O–H groups in total. The van der Waals surface area contributed by atoms with Crippen LogP contribution in [0.25, 0.3) is 0 Å². The van der Waals surface area contributed by atoms with Crippen molar-refractivity contribution in [3.8, 4) is 0 Å². The average Bonchev–Trinajstić information content (AvgIpc) is 3.23. The highest BCUT2D eigenvalue weighted by molar-refractivity contribution is 5.80. The normalized spacial score (nSPS) is 25.0. The quantitative estimate of drug-likeness (QED) is 0.362. The van der Waals surface area contributed by atoms with Gasteiger partial charge in [-0.05, 0) is 44.2 Å². The molecule has 2 fully saturated rings. The lowest BCUT2D eigenvalue weighted by molar-refractivity contribution is 0.00810. The molecule has 1 aliphatic carbocycles. The minimum Gasteiger partial charge on any atom is -0.469 e. The molecule has 1 aromatic rings. The van der Waals surface area contributed by atoms with Crippen LogP contribution in [0.4, 0.5) is 0 Å². The molecule has 0 bridgehead atoms. The zero-order valence-corrected chi connectivity index (χ0v) is 17.4. The Kier molecular flexibility index (Phi) is 8.68. The van der Waals surface area contributed by atoms with Gasteiger partial charge in [0.15, 0.2) is 5.96 Å². The van der Waals surface area contributed by atoms with Crippen molar-refractivity contribution < 1.29 is 9.52 Å². The number of guanidine groups is 1. The first-order chi connectivity index (χ1) is 13.8. The zero-order valence-electron chi connectivity index (χ0n) is 17.4. The Morgan fingerprint density at radius 3 is 2.79 bits per heavy atom. The highest BCUT2D eigenvalue weighted by Gasteiger charge is 2.31. The molecule has 0 radical (unpaired) electrons. The molecular weight excluding hydrogens is 352 g/mol. The topological polar surface area (TPSA) is 73.0 Å². The van der Waals surface area contributed by atoms with E-state index in [4.69, 9.17) is 9.41 Å². The van der Waals surface area contributed by atoms with Crippen LogP contribution in [-0.4, -0.2) is 60.3 Å². The minimum absolute atomic E-state index is 0.132. The number of aliphatic hydroxyl groups is 1. The van der Waals surface area contributed by atoms with Crippen LogP contribution in [0.3, 0.4) is 0 Å². The fourth-order valence-corrected chi connectivity index (χ4v) is 4.35. The fourth-order valence-electron chi connectivity index (χ4n) is 4.35. The van der Waals surface area contributed by atoms with Crippen molar-refractivity contribution in [2.24, 2.45) is 4.99 Å². The molecule has 1 saturated carbocycles. The number of aliphatic imine (C=N–C) groups is 1. The molecule has 1 aliphatic heterocycles. The first kappa shape index (κ1) is 21.2. The van der Waals surface area contributed by atoms with Crippen molar-refractivity contribution >= 4 is 5.96 Å². The molecule has 1 saturated heterocycles. The largest absolute Gasteiger partial charge is 0.469 e. The van der Waals surface area contributed by atoms with Gasteiger partial charge in [-0.15, -0.1) is 0 Å². The molecule has 2 atom stereocenters. The Hall–Kier alpha value is -1.53. The molecule has 28 heavy (non-hydrogen) atoms. The van der Waals surface area contributed by atoms with Crippen LogP contribution in [-0.2, 0) is 6.42 Å². The van der Waals surface area contributed by atoms with Crippen molar-refractivity contribution in [2.45, 2.75) is 82.9 Å². The smallest absolute Gasteiger partial charge is 0.191 e. The highest BCUT2D eigenvalue weighted by atomic mass is 16.3. The third kappa shape index (κ3) is 6.52. The van der Waals surface area contributed by atoms with E-state index in [0.717, 1.165) is 82.8 Å². The van der Waals surface area contributed by atoms with Crippen LogP contribution in [0.15, 0.2) is 27.8 Å². The van der Waals surface area contributed by atoms with E-state index in [-0.39, 0.29) is 6.10 Å². The summed E-state index contributed by atoms with van der Waals surface area (Å²) in [5, 5.41) is 17.5. The van der Waals surface area contributed by atoms with Gasteiger partial charge in [0.05, 0.1) is 12.4 Å². The van der Waals surface area contributed by atoms with Crippen molar-refractivity contribution in [2.75, 3.05) is 26.2 Å². The van der Waals surface area contributed by atoms with Crippen molar-refractivity contribution in [1.82, 2.24) is 15.5 Å². The van der Waals surface area contributed by atoms with Gasteiger partial charge in [0.1, 0.15) is 5.76 Å². The third-order valence-corrected chi connectivity index (χ3v) is 6.06. The van der Waals surface area contributed by atoms with Gasteiger partial charge in [-0.25, -0.2) is 0 Å². The second-order valence-electron chi connectivity index (χ2n) is 8.21. The second-order valence-corrected chi connectivity index (χ2v) is 8.21. The van der Waals surface area contributed by atoms with E-state index < -0.39 is 0 Å². The Labute approximate surface area is 169 Å². The molecule has 6 heteroatoms. The molecule has 0 spiro atoms. The number of furan rings is 1. The van der Waals surface area contributed by atoms with Crippen molar-refractivity contribution in [3.05, 3.63) is 24.2 Å². The number of nitrogens with zero attached hydrogens (tertiary/aromatic N) is 2. The SMILES string of the molecule is CCCCN=C(NCCc1ccco1)NC1CCN(C2CCCCC2O)CC1. The maximum absolute atomic E-state index is 10.3. The van der Waals surface area contributed by atoms with Gasteiger partial charge in [0, 0.05) is 44.7 Å². The molecule has 2 unspecified atom stereocenters. The summed E-state index contributed by atoms with van der Waals surface area (Å²) < 4.78 is 5.42. The maximum Gasteiger partial charge on any atom is 0.191 e. The minimum atomic E-state index is -0.132. The predicted octanol–water partition coefficient (Wildman–Crippen LogP) is 2.93. The summed E-state index contributed by atoms with van der Waals surface area (Å²) in [5.41, 5.74) is 0. The van der Waals surface area contributed by atoms with E-state index in [9.17, 15) is 5.11 Å². The summed E-state index contributed by atoms with van der Waals surface area (Å²) in [5.74, 6) is 1.93. The molecule has 3 rings (SSSR count). The van der Waals surface area contributed by atoms with Crippen LogP contribution in [0.2, 0.25) is 0 Å². The maximum atomic E-state index is 10.3. The zero-order chi connectivity index (χ0) is 19.6. The first-order valence-electron chi connectivity index (χ1n) is 11.3. The Bertz CT molecular complexity index is 567. The molecule has 2 aliphatic rings. The van der Waals surface area contributed by atoms with Crippen LogP contribution >= 0.6 is 0 Å². The van der Waals surface area contributed by atoms with Gasteiger partial charge < -0.3 is 20.2 Å².